The summed E-state index contributed by atoms with van der Waals surface area (Å²) in [6.07, 6.45) is 1.22. The van der Waals surface area contributed by atoms with Crippen molar-refractivity contribution in [1.29, 1.82) is 0 Å². The Hall–Kier alpha value is -1.06. The first kappa shape index (κ1) is 16.0. The van der Waals surface area contributed by atoms with Crippen LogP contribution in [-0.4, -0.2) is 45.2 Å². The Balaban J connectivity index is 2.24. The number of nitrogens with zero attached hydrogens (tertiary/aromatic N) is 2. The molecule has 3 nitrogen and oxygen atoms in total. The molecule has 1 aromatic rings. The molecule has 0 aliphatic carbocycles. The first-order valence-corrected chi connectivity index (χ1v) is 7.36. The van der Waals surface area contributed by atoms with E-state index in [4.69, 9.17) is 0 Å². The van der Waals surface area contributed by atoms with Gasteiger partial charge in [-0.1, -0.05) is 26.0 Å². The molecule has 0 unspecified atom stereocenters. The molecule has 0 radical (unpaired) electrons. The van der Waals surface area contributed by atoms with Gasteiger partial charge in [0, 0.05) is 26.3 Å². The highest BCUT2D eigenvalue weighted by molar-refractivity contribution is 5.47. The van der Waals surface area contributed by atoms with Gasteiger partial charge in [0.2, 0.25) is 0 Å². The second-order valence-electron chi connectivity index (χ2n) is 5.12. The Morgan fingerprint density at radius 1 is 1.11 bits per heavy atom. The maximum Gasteiger partial charge on any atom is 0.0364 e. The summed E-state index contributed by atoms with van der Waals surface area (Å²) in [4.78, 5) is 4.61. The van der Waals surface area contributed by atoms with E-state index in [1.165, 1.54) is 24.2 Å². The predicted molar refractivity (Wildman–Crippen MR) is 84.9 cm³/mol. The molecule has 1 N–H and O–H groups in total. The highest BCUT2D eigenvalue weighted by Gasteiger charge is 1.99. The maximum absolute atomic E-state index is 3.53. The number of benzene rings is 1. The largest absolute Gasteiger partial charge is 0.378 e. The summed E-state index contributed by atoms with van der Waals surface area (Å²) in [7, 11) is 4.16. The van der Waals surface area contributed by atoms with Crippen LogP contribution < -0.4 is 10.2 Å². The Kier molecular flexibility index (Phi) is 7.53. The van der Waals surface area contributed by atoms with E-state index in [9.17, 15) is 0 Å². The van der Waals surface area contributed by atoms with Gasteiger partial charge in [-0.05, 0) is 50.3 Å². The minimum absolute atomic E-state index is 0.958. The monoisotopic (exact) mass is 263 g/mol. The van der Waals surface area contributed by atoms with Gasteiger partial charge < -0.3 is 15.1 Å². The standard InChI is InChI=1S/C16H29N3/c1-5-19(6-2)12-8-11-17-14-15-9-7-10-16(13-15)18(3)4/h7,9-10,13,17H,5-6,8,11-12,14H2,1-4H3. The van der Waals surface area contributed by atoms with Crippen molar-refractivity contribution in [2.45, 2.75) is 26.8 Å². The van der Waals surface area contributed by atoms with Crippen LogP contribution in [0.2, 0.25) is 0 Å². The molecule has 0 aromatic heterocycles. The molecular formula is C16H29N3. The molecule has 0 bridgehead atoms. The summed E-state index contributed by atoms with van der Waals surface area (Å²) < 4.78 is 0. The quantitative estimate of drug-likeness (QED) is 0.691. The average Bonchev–Trinajstić information content (AvgIpc) is 2.43. The number of nitrogens with one attached hydrogen (secondary N) is 1. The topological polar surface area (TPSA) is 18.5 Å². The zero-order chi connectivity index (χ0) is 14.1. The van der Waals surface area contributed by atoms with Gasteiger partial charge in [-0.15, -0.1) is 0 Å². The van der Waals surface area contributed by atoms with Crippen molar-refractivity contribution in [3.8, 4) is 0 Å². The fourth-order valence-corrected chi connectivity index (χ4v) is 2.14. The highest BCUT2D eigenvalue weighted by atomic mass is 15.1. The molecular weight excluding hydrogens is 234 g/mol. The second kappa shape index (κ2) is 8.94. The zero-order valence-electron chi connectivity index (χ0n) is 12.9. The summed E-state index contributed by atoms with van der Waals surface area (Å²) in [6.45, 7) is 10.00. The van der Waals surface area contributed by atoms with Gasteiger partial charge in [-0.3, -0.25) is 0 Å². The van der Waals surface area contributed by atoms with Gasteiger partial charge in [0.05, 0.1) is 0 Å². The third kappa shape index (κ3) is 6.08. The van der Waals surface area contributed by atoms with Crippen LogP contribution in [0.5, 0.6) is 0 Å². The van der Waals surface area contributed by atoms with Gasteiger partial charge in [0.25, 0.3) is 0 Å². The van der Waals surface area contributed by atoms with Crippen LogP contribution >= 0.6 is 0 Å². The third-order valence-corrected chi connectivity index (χ3v) is 3.48. The van der Waals surface area contributed by atoms with Crippen LogP contribution in [0, 0.1) is 0 Å². The molecule has 0 atom stereocenters. The number of rotatable bonds is 9. The van der Waals surface area contributed by atoms with Gasteiger partial charge >= 0.3 is 0 Å². The molecule has 0 spiro atoms. The lowest BCUT2D eigenvalue weighted by atomic mass is 10.2. The van der Waals surface area contributed by atoms with Crippen molar-refractivity contribution in [3.63, 3.8) is 0 Å². The molecule has 108 valence electrons. The lowest BCUT2D eigenvalue weighted by Gasteiger charge is -2.18. The van der Waals surface area contributed by atoms with Crippen LogP contribution in [-0.2, 0) is 6.54 Å². The van der Waals surface area contributed by atoms with E-state index in [1.807, 2.05) is 0 Å². The minimum Gasteiger partial charge on any atom is -0.378 e. The number of hydrogen-bond donors (Lipinski definition) is 1. The fraction of sp³-hybridized carbons (Fsp3) is 0.625. The van der Waals surface area contributed by atoms with Crippen molar-refractivity contribution >= 4 is 5.69 Å². The van der Waals surface area contributed by atoms with Crippen LogP contribution in [0.1, 0.15) is 25.8 Å². The van der Waals surface area contributed by atoms with Crippen molar-refractivity contribution in [1.82, 2.24) is 10.2 Å². The van der Waals surface area contributed by atoms with E-state index < -0.39 is 0 Å². The molecule has 1 aromatic carbocycles. The van der Waals surface area contributed by atoms with E-state index in [2.05, 4.69) is 67.3 Å². The Morgan fingerprint density at radius 2 is 1.84 bits per heavy atom. The molecule has 0 saturated heterocycles. The van der Waals surface area contributed by atoms with Crippen molar-refractivity contribution in [3.05, 3.63) is 29.8 Å². The third-order valence-electron chi connectivity index (χ3n) is 3.48. The van der Waals surface area contributed by atoms with Crippen molar-refractivity contribution in [2.24, 2.45) is 0 Å². The van der Waals surface area contributed by atoms with Crippen molar-refractivity contribution < 1.29 is 0 Å². The normalized spacial score (nSPS) is 11.0. The first-order chi connectivity index (χ1) is 9.17. The summed E-state index contributed by atoms with van der Waals surface area (Å²) in [5.41, 5.74) is 2.62. The maximum atomic E-state index is 3.53. The molecule has 1 rings (SSSR count). The smallest absolute Gasteiger partial charge is 0.0364 e. The lowest BCUT2D eigenvalue weighted by molar-refractivity contribution is 0.298. The van der Waals surface area contributed by atoms with E-state index in [0.29, 0.717) is 0 Å². The molecule has 0 aliphatic rings. The van der Waals surface area contributed by atoms with Crippen LogP contribution in [0.4, 0.5) is 5.69 Å². The molecule has 0 fully saturated rings. The molecule has 0 saturated carbocycles. The van der Waals surface area contributed by atoms with Crippen LogP contribution in [0.25, 0.3) is 0 Å². The van der Waals surface area contributed by atoms with E-state index in [0.717, 1.165) is 26.2 Å². The first-order valence-electron chi connectivity index (χ1n) is 7.36. The predicted octanol–water partition coefficient (Wildman–Crippen LogP) is 2.57. The fourth-order valence-electron chi connectivity index (χ4n) is 2.14. The van der Waals surface area contributed by atoms with E-state index in [-0.39, 0.29) is 0 Å². The van der Waals surface area contributed by atoms with Gasteiger partial charge in [-0.2, -0.15) is 0 Å². The number of hydrogen-bond acceptors (Lipinski definition) is 3. The zero-order valence-corrected chi connectivity index (χ0v) is 12.9. The highest BCUT2D eigenvalue weighted by Crippen LogP contribution is 2.12. The molecule has 0 amide bonds. The lowest BCUT2D eigenvalue weighted by Crippen LogP contribution is -2.27. The number of anilines is 1. The van der Waals surface area contributed by atoms with Gasteiger partial charge in [0.1, 0.15) is 0 Å². The van der Waals surface area contributed by atoms with E-state index in [1.54, 1.807) is 0 Å². The van der Waals surface area contributed by atoms with Crippen molar-refractivity contribution in [2.75, 3.05) is 45.2 Å². The average molecular weight is 263 g/mol. The molecule has 0 aliphatic heterocycles. The summed E-state index contributed by atoms with van der Waals surface area (Å²) in [5, 5.41) is 3.53. The Bertz CT molecular complexity index is 346. The van der Waals surface area contributed by atoms with Crippen LogP contribution in [0.3, 0.4) is 0 Å². The summed E-state index contributed by atoms with van der Waals surface area (Å²) in [5.74, 6) is 0. The molecule has 3 heteroatoms. The Morgan fingerprint density at radius 3 is 2.47 bits per heavy atom. The van der Waals surface area contributed by atoms with Gasteiger partial charge in [-0.25, -0.2) is 0 Å². The van der Waals surface area contributed by atoms with Crippen LogP contribution in [0.15, 0.2) is 24.3 Å². The molecule has 19 heavy (non-hydrogen) atoms. The van der Waals surface area contributed by atoms with E-state index >= 15 is 0 Å². The minimum atomic E-state index is 0.958. The second-order valence-corrected chi connectivity index (χ2v) is 5.12. The summed E-state index contributed by atoms with van der Waals surface area (Å²) in [6, 6.07) is 8.70. The SMILES string of the molecule is CCN(CC)CCCNCc1cccc(N(C)C)c1. The Labute approximate surface area is 118 Å². The summed E-state index contributed by atoms with van der Waals surface area (Å²) >= 11 is 0. The van der Waals surface area contributed by atoms with Gasteiger partial charge in [0.15, 0.2) is 0 Å². The molecule has 0 heterocycles.